The van der Waals surface area contributed by atoms with E-state index in [9.17, 15) is 0 Å². The fourth-order valence-corrected chi connectivity index (χ4v) is 7.47. The number of rotatable bonds is 7. The predicted molar refractivity (Wildman–Crippen MR) is 214 cm³/mol. The lowest BCUT2D eigenvalue weighted by Crippen LogP contribution is -2.16. The third-order valence-corrected chi connectivity index (χ3v) is 10.2. The number of nitrogens with zero attached hydrogens (tertiary/aromatic N) is 2. The highest BCUT2D eigenvalue weighted by molar-refractivity contribution is 5.93. The minimum atomic E-state index is -0.129. The van der Waals surface area contributed by atoms with Crippen molar-refractivity contribution in [3.63, 3.8) is 0 Å². The van der Waals surface area contributed by atoms with Gasteiger partial charge in [0.25, 0.3) is 0 Å². The van der Waals surface area contributed by atoms with E-state index in [0.717, 1.165) is 39.5 Å². The van der Waals surface area contributed by atoms with E-state index < -0.39 is 0 Å². The van der Waals surface area contributed by atoms with E-state index in [2.05, 4.69) is 173 Å². The Labute approximate surface area is 301 Å². The molecule has 246 valence electrons. The van der Waals surface area contributed by atoms with E-state index in [4.69, 9.17) is 9.97 Å². The molecule has 0 fully saturated rings. The van der Waals surface area contributed by atoms with Crippen LogP contribution in [0.4, 0.5) is 0 Å². The van der Waals surface area contributed by atoms with E-state index in [1.807, 2.05) is 24.3 Å². The molecule has 0 atom stereocenters. The molecule has 0 bridgehead atoms. The second-order valence-electron chi connectivity index (χ2n) is 13.8. The highest BCUT2D eigenvalue weighted by Crippen LogP contribution is 2.50. The quantitative estimate of drug-likeness (QED) is 0.171. The van der Waals surface area contributed by atoms with Gasteiger partial charge in [0.1, 0.15) is 0 Å². The third kappa shape index (κ3) is 6.04. The summed E-state index contributed by atoms with van der Waals surface area (Å²) >= 11 is 0. The van der Waals surface area contributed by atoms with Gasteiger partial charge >= 0.3 is 0 Å². The van der Waals surface area contributed by atoms with E-state index >= 15 is 0 Å². The van der Waals surface area contributed by atoms with Crippen molar-refractivity contribution in [3.05, 3.63) is 198 Å². The van der Waals surface area contributed by atoms with Crippen LogP contribution in [0, 0.1) is 6.92 Å². The summed E-state index contributed by atoms with van der Waals surface area (Å²) in [6.45, 7) is 9.04. The van der Waals surface area contributed by atoms with Crippen LogP contribution in [-0.2, 0) is 5.41 Å². The third-order valence-electron chi connectivity index (χ3n) is 10.2. The van der Waals surface area contributed by atoms with Crippen LogP contribution in [0.1, 0.15) is 43.0 Å². The highest BCUT2D eigenvalue weighted by Gasteiger charge is 2.37. The zero-order valence-corrected chi connectivity index (χ0v) is 29.6. The second-order valence-corrected chi connectivity index (χ2v) is 13.8. The maximum Gasteiger partial charge on any atom is 0.160 e. The minimum Gasteiger partial charge on any atom is -0.228 e. The van der Waals surface area contributed by atoms with Gasteiger partial charge in [-0.25, -0.2) is 9.97 Å². The molecule has 2 nitrogen and oxygen atoms in total. The van der Waals surface area contributed by atoms with Gasteiger partial charge in [-0.1, -0.05) is 159 Å². The summed E-state index contributed by atoms with van der Waals surface area (Å²) < 4.78 is 0. The molecule has 0 saturated heterocycles. The Morgan fingerprint density at radius 1 is 0.471 bits per heavy atom. The van der Waals surface area contributed by atoms with Crippen LogP contribution < -0.4 is 0 Å². The van der Waals surface area contributed by atoms with Crippen molar-refractivity contribution in [2.45, 2.75) is 33.1 Å². The van der Waals surface area contributed by atoms with Crippen LogP contribution in [-0.4, -0.2) is 9.97 Å². The summed E-state index contributed by atoms with van der Waals surface area (Å²) in [5.41, 5.74) is 17.6. The number of fused-ring (bicyclic) bond motifs is 1. The average Bonchev–Trinajstić information content (AvgIpc) is 3.40. The second kappa shape index (κ2) is 13.3. The van der Waals surface area contributed by atoms with Gasteiger partial charge in [-0.15, -0.1) is 0 Å². The van der Waals surface area contributed by atoms with Gasteiger partial charge in [0.05, 0.1) is 11.4 Å². The zero-order chi connectivity index (χ0) is 35.0. The molecule has 0 N–H and O–H groups in total. The van der Waals surface area contributed by atoms with Crippen molar-refractivity contribution < 1.29 is 0 Å². The number of allylic oxidation sites excluding steroid dienone is 3. The van der Waals surface area contributed by atoms with E-state index in [1.165, 1.54) is 50.1 Å². The molecule has 7 aromatic rings. The van der Waals surface area contributed by atoms with E-state index in [-0.39, 0.29) is 5.41 Å². The largest absolute Gasteiger partial charge is 0.228 e. The van der Waals surface area contributed by atoms with Gasteiger partial charge in [0.15, 0.2) is 5.82 Å². The van der Waals surface area contributed by atoms with Gasteiger partial charge in [-0.3, -0.25) is 0 Å². The molecule has 51 heavy (non-hydrogen) atoms. The molecule has 6 aromatic carbocycles. The molecule has 1 heterocycles. The van der Waals surface area contributed by atoms with Crippen molar-refractivity contribution in [3.8, 4) is 56.2 Å². The fourth-order valence-electron chi connectivity index (χ4n) is 7.47. The molecule has 0 spiro atoms. The Hall–Kier alpha value is -6.12. The first kappa shape index (κ1) is 32.1. The summed E-state index contributed by atoms with van der Waals surface area (Å²) in [5, 5.41) is 0. The molecule has 1 aromatic heterocycles. The average molecular weight is 657 g/mol. The molecule has 0 saturated carbocycles. The summed E-state index contributed by atoms with van der Waals surface area (Å²) in [6, 6.07) is 56.1. The molecule has 0 amide bonds. The first-order valence-electron chi connectivity index (χ1n) is 17.7. The molecular weight excluding hydrogens is 617 g/mol. The molecule has 8 rings (SSSR count). The number of aromatic nitrogens is 2. The van der Waals surface area contributed by atoms with Crippen molar-refractivity contribution >= 4 is 5.57 Å². The number of hydrogen-bond donors (Lipinski definition) is 0. The Balaban J connectivity index is 1.18. The van der Waals surface area contributed by atoms with Crippen LogP contribution in [0.2, 0.25) is 0 Å². The molecule has 0 radical (unpaired) electrons. The lowest BCUT2D eigenvalue weighted by Gasteiger charge is -2.23. The van der Waals surface area contributed by atoms with Gasteiger partial charge in [-0.2, -0.15) is 0 Å². The van der Waals surface area contributed by atoms with E-state index in [1.54, 1.807) is 0 Å². The first-order valence-corrected chi connectivity index (χ1v) is 17.7. The number of aryl methyl sites for hydroxylation is 1. The molecule has 1 aliphatic rings. The summed E-state index contributed by atoms with van der Waals surface area (Å²) in [5.74, 6) is 0.719. The molecule has 1 aliphatic carbocycles. The first-order chi connectivity index (χ1) is 24.9. The maximum atomic E-state index is 5.08. The Kier molecular flexibility index (Phi) is 8.37. The van der Waals surface area contributed by atoms with Crippen LogP contribution >= 0.6 is 0 Å². The fraction of sp³-hybridized carbons (Fsp3) is 0.102. The van der Waals surface area contributed by atoms with Gasteiger partial charge in [-0.05, 0) is 93.8 Å². The lowest BCUT2D eigenvalue weighted by molar-refractivity contribution is 0.654. The van der Waals surface area contributed by atoms with Crippen LogP contribution in [0.5, 0.6) is 0 Å². The monoisotopic (exact) mass is 656 g/mol. The lowest BCUT2D eigenvalue weighted by atomic mass is 9.80. The van der Waals surface area contributed by atoms with Crippen LogP contribution in [0.15, 0.2) is 175 Å². The number of hydrogen-bond acceptors (Lipinski definition) is 2. The molecule has 2 heteroatoms. The van der Waals surface area contributed by atoms with Gasteiger partial charge in [0.2, 0.25) is 0 Å². The molecule has 0 aliphatic heterocycles. The summed E-state index contributed by atoms with van der Waals surface area (Å²) in [7, 11) is 0. The highest BCUT2D eigenvalue weighted by atomic mass is 14.9. The van der Waals surface area contributed by atoms with Crippen LogP contribution in [0.3, 0.4) is 0 Å². The van der Waals surface area contributed by atoms with Gasteiger partial charge in [0, 0.05) is 22.1 Å². The number of benzene rings is 6. The van der Waals surface area contributed by atoms with Gasteiger partial charge < -0.3 is 0 Å². The Morgan fingerprint density at radius 2 is 1.00 bits per heavy atom. The summed E-state index contributed by atoms with van der Waals surface area (Å²) in [4.78, 5) is 10.1. The molecule has 0 unspecified atom stereocenters. The molecular formula is C49H40N2. The van der Waals surface area contributed by atoms with Crippen molar-refractivity contribution in [1.29, 1.82) is 0 Å². The predicted octanol–water partition coefficient (Wildman–Crippen LogP) is 12.8. The standard InChI is InChI=1S/C49H40N2/c1-5-16-43-47(41-26-13-12-17-33(41)2)42-28-27-39(31-44(42)49(43,3)4)37-23-14-22-36(29-37)38-24-15-25-40(30-38)46-32-45(34-18-8-6-9-19-34)50-48(51-46)35-20-10-7-11-21-35/h5-32H,1-4H3/b16-5-. The Bertz CT molecular complexity index is 2390. The minimum absolute atomic E-state index is 0.129. The van der Waals surface area contributed by atoms with E-state index in [0.29, 0.717) is 0 Å². The zero-order valence-electron chi connectivity index (χ0n) is 29.6. The smallest absolute Gasteiger partial charge is 0.160 e. The topological polar surface area (TPSA) is 25.8 Å². The SMILES string of the molecule is C/C=C\C1=C(c2ccccc2C)c2ccc(-c3cccc(-c4cccc(-c5cc(-c6ccccc6)nc(-c6ccccc6)n5)c4)c3)cc2C1(C)C. The van der Waals surface area contributed by atoms with Crippen molar-refractivity contribution in [2.75, 3.05) is 0 Å². The van der Waals surface area contributed by atoms with Crippen molar-refractivity contribution in [1.82, 2.24) is 9.97 Å². The van der Waals surface area contributed by atoms with Crippen LogP contribution in [0.25, 0.3) is 61.7 Å². The maximum absolute atomic E-state index is 5.08. The summed E-state index contributed by atoms with van der Waals surface area (Å²) in [6.07, 6.45) is 4.48. The Morgan fingerprint density at radius 3 is 1.65 bits per heavy atom. The normalized spacial score (nSPS) is 13.5. The van der Waals surface area contributed by atoms with Crippen molar-refractivity contribution in [2.24, 2.45) is 0 Å².